The molecule has 0 aliphatic heterocycles. The van der Waals surface area contributed by atoms with E-state index in [1.807, 2.05) is 18.2 Å². The van der Waals surface area contributed by atoms with Crippen LogP contribution < -0.4 is 5.43 Å². The summed E-state index contributed by atoms with van der Waals surface area (Å²) in [5, 5.41) is 13.7. The normalized spacial score (nSPS) is 11.6. The largest absolute Gasteiger partial charge is 0.324 e. The van der Waals surface area contributed by atoms with Gasteiger partial charge in [-0.1, -0.05) is 43.7 Å². The number of halogens is 1. The molecule has 0 unspecified atom stereocenters. The van der Waals surface area contributed by atoms with Crippen molar-refractivity contribution in [1.82, 2.24) is 19.7 Å². The lowest BCUT2D eigenvalue weighted by Crippen LogP contribution is -2.03. The van der Waals surface area contributed by atoms with E-state index in [1.165, 1.54) is 12.1 Å². The van der Waals surface area contributed by atoms with Crippen LogP contribution in [-0.4, -0.2) is 26.0 Å². The van der Waals surface area contributed by atoms with Crippen molar-refractivity contribution in [2.75, 3.05) is 5.43 Å². The smallest absolute Gasteiger partial charge is 0.265 e. The van der Waals surface area contributed by atoms with Gasteiger partial charge in [0.25, 0.3) is 5.95 Å². The molecule has 2 aromatic heterocycles. The monoisotopic (exact) mass is 362 g/mol. The van der Waals surface area contributed by atoms with Gasteiger partial charge in [-0.3, -0.25) is 0 Å². The van der Waals surface area contributed by atoms with E-state index < -0.39 is 0 Å². The van der Waals surface area contributed by atoms with Crippen molar-refractivity contribution in [2.24, 2.45) is 5.10 Å². The first kappa shape index (κ1) is 17.1. The molecule has 4 aromatic rings. The third-order valence-corrected chi connectivity index (χ3v) is 4.36. The summed E-state index contributed by atoms with van der Waals surface area (Å²) in [7, 11) is 0. The van der Waals surface area contributed by atoms with Gasteiger partial charge in [0.2, 0.25) is 0 Å². The molecule has 2 aromatic carbocycles. The van der Waals surface area contributed by atoms with E-state index in [0.29, 0.717) is 5.95 Å². The number of hydrogen-bond donors (Lipinski definition) is 1. The molecular weight excluding hydrogens is 343 g/mol. The number of nitrogens with zero attached hydrogens (tertiary/aromatic N) is 5. The van der Waals surface area contributed by atoms with Gasteiger partial charge in [0.15, 0.2) is 5.65 Å². The molecule has 0 spiro atoms. The van der Waals surface area contributed by atoms with Crippen LogP contribution in [0.5, 0.6) is 0 Å². The topological polar surface area (TPSA) is 68.0 Å². The van der Waals surface area contributed by atoms with Crippen LogP contribution in [0.1, 0.15) is 25.3 Å². The van der Waals surface area contributed by atoms with Crippen LogP contribution in [0.2, 0.25) is 0 Å². The second kappa shape index (κ2) is 7.49. The molecule has 0 saturated carbocycles. The molecule has 136 valence electrons. The van der Waals surface area contributed by atoms with E-state index in [0.717, 1.165) is 47.0 Å². The summed E-state index contributed by atoms with van der Waals surface area (Å²) in [6.45, 7) is 3.04. The summed E-state index contributed by atoms with van der Waals surface area (Å²) in [6.07, 6.45) is 3.74. The van der Waals surface area contributed by atoms with Gasteiger partial charge in [-0.15, -0.1) is 10.2 Å². The molecule has 0 aliphatic carbocycles. The summed E-state index contributed by atoms with van der Waals surface area (Å²) in [5.74, 6) is 0.0411. The van der Waals surface area contributed by atoms with Crippen LogP contribution in [0.4, 0.5) is 10.3 Å². The molecular formula is C20H19FN6. The van der Waals surface area contributed by atoms with E-state index in [9.17, 15) is 4.39 Å². The van der Waals surface area contributed by atoms with Gasteiger partial charge >= 0.3 is 0 Å². The second-order valence-electron chi connectivity index (χ2n) is 6.25. The number of hydrogen-bond acceptors (Lipinski definition) is 5. The number of para-hydroxylation sites is 1. The molecule has 0 atom stereocenters. The minimum atomic E-state index is -0.280. The Morgan fingerprint density at radius 3 is 2.74 bits per heavy atom. The third kappa shape index (κ3) is 3.48. The SMILES string of the molecule is CCCCn1c2ccccc2c2nnc(N/N=C/c3ccc(F)cc3)nc21. The molecule has 1 N–H and O–H groups in total. The molecule has 2 heterocycles. The van der Waals surface area contributed by atoms with Gasteiger partial charge < -0.3 is 4.57 Å². The fourth-order valence-electron chi connectivity index (χ4n) is 3.01. The van der Waals surface area contributed by atoms with Crippen molar-refractivity contribution in [2.45, 2.75) is 26.3 Å². The minimum Gasteiger partial charge on any atom is -0.324 e. The van der Waals surface area contributed by atoms with Gasteiger partial charge in [-0.25, -0.2) is 9.82 Å². The van der Waals surface area contributed by atoms with E-state index in [2.05, 4.69) is 43.3 Å². The molecule has 0 bridgehead atoms. The van der Waals surface area contributed by atoms with E-state index in [-0.39, 0.29) is 5.82 Å². The van der Waals surface area contributed by atoms with Crippen LogP contribution in [0.15, 0.2) is 53.6 Å². The average Bonchev–Trinajstić information content (AvgIpc) is 3.01. The number of anilines is 1. The maximum atomic E-state index is 12.9. The van der Waals surface area contributed by atoms with Crippen LogP contribution in [0, 0.1) is 5.82 Å². The number of nitrogens with one attached hydrogen (secondary N) is 1. The van der Waals surface area contributed by atoms with Crippen molar-refractivity contribution in [3.63, 3.8) is 0 Å². The van der Waals surface area contributed by atoms with Crippen LogP contribution in [-0.2, 0) is 6.54 Å². The molecule has 27 heavy (non-hydrogen) atoms. The Balaban J connectivity index is 1.66. The Morgan fingerprint density at radius 1 is 1.11 bits per heavy atom. The lowest BCUT2D eigenvalue weighted by molar-refractivity contribution is 0.628. The summed E-state index contributed by atoms with van der Waals surface area (Å²) < 4.78 is 15.1. The Labute approximate surface area is 155 Å². The van der Waals surface area contributed by atoms with Crippen LogP contribution >= 0.6 is 0 Å². The summed E-state index contributed by atoms with van der Waals surface area (Å²) in [6, 6.07) is 14.2. The Kier molecular flexibility index (Phi) is 4.74. The molecule has 0 saturated heterocycles. The molecule has 0 amide bonds. The second-order valence-corrected chi connectivity index (χ2v) is 6.25. The Bertz CT molecular complexity index is 1100. The highest BCUT2D eigenvalue weighted by Gasteiger charge is 2.13. The van der Waals surface area contributed by atoms with Crippen molar-refractivity contribution < 1.29 is 4.39 Å². The predicted octanol–water partition coefficient (Wildman–Crippen LogP) is 4.36. The number of unbranched alkanes of at least 4 members (excludes halogenated alkanes) is 1. The fourth-order valence-corrected chi connectivity index (χ4v) is 3.01. The standard InChI is InChI=1S/C20H19FN6/c1-2-3-12-27-17-7-5-4-6-16(17)18-19(27)23-20(26-24-18)25-22-13-14-8-10-15(21)11-9-14/h4-11,13H,2-3,12H2,1H3,(H,23,25,26)/b22-13+. The van der Waals surface area contributed by atoms with Crippen molar-refractivity contribution in [1.29, 1.82) is 0 Å². The van der Waals surface area contributed by atoms with Gasteiger partial charge in [0.05, 0.1) is 11.7 Å². The van der Waals surface area contributed by atoms with Crippen molar-refractivity contribution in [3.8, 4) is 0 Å². The minimum absolute atomic E-state index is 0.280. The maximum Gasteiger partial charge on any atom is 0.265 e. The first-order valence-electron chi connectivity index (χ1n) is 8.92. The van der Waals surface area contributed by atoms with Crippen LogP contribution in [0.25, 0.3) is 22.1 Å². The predicted molar refractivity (Wildman–Crippen MR) is 105 cm³/mol. The maximum absolute atomic E-state index is 12.9. The zero-order chi connectivity index (χ0) is 18.6. The average molecular weight is 362 g/mol. The van der Waals surface area contributed by atoms with Crippen molar-refractivity contribution in [3.05, 3.63) is 59.9 Å². The molecule has 0 radical (unpaired) electrons. The first-order chi connectivity index (χ1) is 13.3. The van der Waals surface area contributed by atoms with Gasteiger partial charge in [-0.05, 0) is 30.2 Å². The van der Waals surface area contributed by atoms with Gasteiger partial charge in [0, 0.05) is 11.9 Å². The highest BCUT2D eigenvalue weighted by atomic mass is 19.1. The van der Waals surface area contributed by atoms with Crippen molar-refractivity contribution >= 4 is 34.2 Å². The highest BCUT2D eigenvalue weighted by Crippen LogP contribution is 2.26. The summed E-state index contributed by atoms with van der Waals surface area (Å²) >= 11 is 0. The third-order valence-electron chi connectivity index (χ3n) is 4.36. The molecule has 0 aliphatic rings. The quantitative estimate of drug-likeness (QED) is 0.409. The highest BCUT2D eigenvalue weighted by molar-refractivity contribution is 6.04. The summed E-state index contributed by atoms with van der Waals surface area (Å²) in [5.41, 5.74) is 6.26. The lowest BCUT2D eigenvalue weighted by atomic mass is 10.2. The zero-order valence-corrected chi connectivity index (χ0v) is 14.9. The number of aryl methyl sites for hydroxylation is 1. The van der Waals surface area contributed by atoms with Crippen LogP contribution in [0.3, 0.4) is 0 Å². The number of hydrazone groups is 1. The molecule has 0 fully saturated rings. The van der Waals surface area contributed by atoms with E-state index in [4.69, 9.17) is 0 Å². The number of aromatic nitrogens is 4. The molecule has 6 nitrogen and oxygen atoms in total. The van der Waals surface area contributed by atoms with E-state index in [1.54, 1.807) is 18.3 Å². The Morgan fingerprint density at radius 2 is 1.93 bits per heavy atom. The zero-order valence-electron chi connectivity index (χ0n) is 14.9. The summed E-state index contributed by atoms with van der Waals surface area (Å²) in [4.78, 5) is 4.62. The molecule has 7 heteroatoms. The number of benzene rings is 2. The molecule has 4 rings (SSSR count). The number of rotatable bonds is 6. The first-order valence-corrected chi connectivity index (χ1v) is 8.92. The van der Waals surface area contributed by atoms with Gasteiger partial charge in [-0.2, -0.15) is 10.1 Å². The number of fused-ring (bicyclic) bond motifs is 3. The lowest BCUT2D eigenvalue weighted by Gasteiger charge is -2.05. The fraction of sp³-hybridized carbons (Fsp3) is 0.200. The Hall–Kier alpha value is -3.35. The van der Waals surface area contributed by atoms with Gasteiger partial charge in [0.1, 0.15) is 11.3 Å². The van der Waals surface area contributed by atoms with E-state index >= 15 is 0 Å².